The molecule has 3 aliphatic rings. The summed E-state index contributed by atoms with van der Waals surface area (Å²) in [7, 11) is 0. The molecule has 1 aliphatic heterocycles. The Morgan fingerprint density at radius 1 is 0.636 bits per heavy atom. The van der Waals surface area contributed by atoms with Crippen LogP contribution in [-0.4, -0.2) is 9.49 Å². The molecule has 0 atom stereocenters. The van der Waals surface area contributed by atoms with E-state index in [4.69, 9.17) is 0 Å². The molecule has 11 heavy (non-hydrogen) atoms. The summed E-state index contributed by atoms with van der Waals surface area (Å²) in [4.78, 5) is 0. The number of thioether (sulfide) groups is 1. The monoisotopic (exact) mass is 160 g/mol. The molecule has 1 fully saturated rings. The minimum absolute atomic E-state index is 0.302. The standard InChI is InChI=1S/C10H8S/c1-2-6-10-8-4-3-7-9(10,5-1)11-10/h1-8H. The van der Waals surface area contributed by atoms with Crippen molar-refractivity contribution >= 4 is 11.8 Å². The van der Waals surface area contributed by atoms with Gasteiger partial charge >= 0.3 is 0 Å². The quantitative estimate of drug-likeness (QED) is 0.490. The zero-order valence-corrected chi connectivity index (χ0v) is 6.84. The highest BCUT2D eigenvalue weighted by Crippen LogP contribution is 2.69. The number of hydrogen-bond donors (Lipinski definition) is 0. The van der Waals surface area contributed by atoms with Crippen molar-refractivity contribution in [3.05, 3.63) is 48.6 Å². The van der Waals surface area contributed by atoms with Crippen LogP contribution in [0.3, 0.4) is 0 Å². The van der Waals surface area contributed by atoms with E-state index in [-0.39, 0.29) is 0 Å². The fourth-order valence-electron chi connectivity index (χ4n) is 1.82. The maximum atomic E-state index is 2.29. The van der Waals surface area contributed by atoms with E-state index in [0.29, 0.717) is 9.49 Å². The average Bonchev–Trinajstić information content (AvgIpc) is 2.72. The molecule has 0 nitrogen and oxygen atoms in total. The van der Waals surface area contributed by atoms with Crippen LogP contribution in [0.4, 0.5) is 0 Å². The van der Waals surface area contributed by atoms with Gasteiger partial charge in [0.15, 0.2) is 0 Å². The summed E-state index contributed by atoms with van der Waals surface area (Å²) in [5.41, 5.74) is 0. The first-order valence-corrected chi connectivity index (χ1v) is 4.63. The number of allylic oxidation sites excluding steroid dienone is 4. The van der Waals surface area contributed by atoms with Crippen LogP contribution in [0.2, 0.25) is 0 Å². The molecule has 0 spiro atoms. The van der Waals surface area contributed by atoms with Gasteiger partial charge in [-0.2, -0.15) is 0 Å². The van der Waals surface area contributed by atoms with Gasteiger partial charge in [-0.1, -0.05) is 48.6 Å². The largest absolute Gasteiger partial charge is 0.127 e. The molecule has 54 valence electrons. The van der Waals surface area contributed by atoms with E-state index >= 15 is 0 Å². The van der Waals surface area contributed by atoms with Crippen LogP contribution in [0, 0.1) is 0 Å². The number of rotatable bonds is 0. The first-order valence-electron chi connectivity index (χ1n) is 3.81. The Morgan fingerprint density at radius 2 is 1.00 bits per heavy atom. The molecular formula is C10H8S. The third-order valence-electron chi connectivity index (χ3n) is 2.50. The average molecular weight is 160 g/mol. The molecule has 0 bridgehead atoms. The van der Waals surface area contributed by atoms with Gasteiger partial charge in [0.05, 0.1) is 9.49 Å². The fourth-order valence-corrected chi connectivity index (χ4v) is 3.18. The molecule has 0 N–H and O–H groups in total. The van der Waals surface area contributed by atoms with Gasteiger partial charge in [-0.05, 0) is 0 Å². The highest BCUT2D eigenvalue weighted by Gasteiger charge is 2.64. The Morgan fingerprint density at radius 3 is 1.36 bits per heavy atom. The Kier molecular flexibility index (Phi) is 0.836. The SMILES string of the molecule is C1=CC23C=CC=CC2(C=C1)S3. The summed E-state index contributed by atoms with van der Waals surface area (Å²) in [5.74, 6) is 0. The van der Waals surface area contributed by atoms with E-state index in [0.717, 1.165) is 0 Å². The highest BCUT2D eigenvalue weighted by molar-refractivity contribution is 8.10. The molecular weight excluding hydrogens is 152 g/mol. The van der Waals surface area contributed by atoms with E-state index in [2.05, 4.69) is 48.6 Å². The Balaban J connectivity index is 2.19. The first-order chi connectivity index (χ1) is 5.37. The van der Waals surface area contributed by atoms with E-state index in [1.54, 1.807) is 0 Å². The second-order valence-electron chi connectivity index (χ2n) is 3.12. The van der Waals surface area contributed by atoms with Gasteiger partial charge < -0.3 is 0 Å². The van der Waals surface area contributed by atoms with Crippen molar-refractivity contribution in [2.45, 2.75) is 9.49 Å². The van der Waals surface area contributed by atoms with Crippen LogP contribution in [-0.2, 0) is 0 Å². The van der Waals surface area contributed by atoms with Gasteiger partial charge in [-0.15, -0.1) is 11.8 Å². The lowest BCUT2D eigenvalue weighted by molar-refractivity contribution is 0.875. The predicted octanol–water partition coefficient (Wildman–Crippen LogP) is 2.46. The molecule has 2 aliphatic carbocycles. The summed E-state index contributed by atoms with van der Waals surface area (Å²) in [5, 5.41) is 0. The maximum Gasteiger partial charge on any atom is 0.0755 e. The zero-order chi connectivity index (χ0) is 7.36. The van der Waals surface area contributed by atoms with Crippen molar-refractivity contribution in [1.82, 2.24) is 0 Å². The van der Waals surface area contributed by atoms with E-state index in [1.807, 2.05) is 11.8 Å². The van der Waals surface area contributed by atoms with Crippen LogP contribution in [0.15, 0.2) is 48.6 Å². The second-order valence-corrected chi connectivity index (χ2v) is 4.68. The van der Waals surface area contributed by atoms with Gasteiger partial charge in [-0.3, -0.25) is 0 Å². The van der Waals surface area contributed by atoms with Crippen molar-refractivity contribution < 1.29 is 0 Å². The molecule has 0 unspecified atom stereocenters. The van der Waals surface area contributed by atoms with Crippen molar-refractivity contribution in [2.75, 3.05) is 0 Å². The summed E-state index contributed by atoms with van der Waals surface area (Å²) >= 11 is 2.01. The summed E-state index contributed by atoms with van der Waals surface area (Å²) in [6.07, 6.45) is 17.7. The van der Waals surface area contributed by atoms with E-state index in [9.17, 15) is 0 Å². The van der Waals surface area contributed by atoms with Gasteiger partial charge in [-0.25, -0.2) is 0 Å². The molecule has 1 heteroatoms. The third kappa shape index (κ3) is 0.542. The van der Waals surface area contributed by atoms with Gasteiger partial charge in [0, 0.05) is 0 Å². The van der Waals surface area contributed by atoms with Crippen LogP contribution in [0.1, 0.15) is 0 Å². The van der Waals surface area contributed by atoms with Crippen LogP contribution in [0.5, 0.6) is 0 Å². The summed E-state index contributed by atoms with van der Waals surface area (Å²) in [6.45, 7) is 0. The lowest BCUT2D eigenvalue weighted by Crippen LogP contribution is -2.21. The van der Waals surface area contributed by atoms with Crippen LogP contribution in [0.25, 0.3) is 0 Å². The third-order valence-corrected chi connectivity index (χ3v) is 4.20. The van der Waals surface area contributed by atoms with Crippen molar-refractivity contribution in [3.8, 4) is 0 Å². The topological polar surface area (TPSA) is 0 Å². The summed E-state index contributed by atoms with van der Waals surface area (Å²) in [6, 6.07) is 0. The molecule has 0 radical (unpaired) electrons. The molecule has 0 aromatic carbocycles. The minimum atomic E-state index is 0.302. The normalized spacial score (nSPS) is 48.7. The van der Waals surface area contributed by atoms with Crippen LogP contribution >= 0.6 is 11.8 Å². The predicted molar refractivity (Wildman–Crippen MR) is 49.6 cm³/mol. The van der Waals surface area contributed by atoms with E-state index in [1.165, 1.54) is 0 Å². The Labute approximate surface area is 70.4 Å². The van der Waals surface area contributed by atoms with Crippen LogP contribution < -0.4 is 0 Å². The zero-order valence-electron chi connectivity index (χ0n) is 6.03. The van der Waals surface area contributed by atoms with Gasteiger partial charge in [0.25, 0.3) is 0 Å². The molecule has 1 heterocycles. The number of hydrogen-bond acceptors (Lipinski definition) is 1. The fraction of sp³-hybridized carbons (Fsp3) is 0.200. The Bertz CT molecular complexity index is 262. The lowest BCUT2D eigenvalue weighted by Gasteiger charge is -2.15. The van der Waals surface area contributed by atoms with Gasteiger partial charge in [0.1, 0.15) is 0 Å². The minimum Gasteiger partial charge on any atom is -0.127 e. The molecule has 3 rings (SSSR count). The van der Waals surface area contributed by atoms with Gasteiger partial charge in [0.2, 0.25) is 0 Å². The highest BCUT2D eigenvalue weighted by atomic mass is 32.2. The maximum absolute atomic E-state index is 2.29. The van der Waals surface area contributed by atoms with Crippen molar-refractivity contribution in [2.24, 2.45) is 0 Å². The molecule has 1 saturated heterocycles. The molecule has 0 saturated carbocycles. The van der Waals surface area contributed by atoms with Crippen molar-refractivity contribution in [3.63, 3.8) is 0 Å². The Hall–Kier alpha value is -0.690. The summed E-state index contributed by atoms with van der Waals surface area (Å²) < 4.78 is 0.604. The smallest absolute Gasteiger partial charge is 0.0755 e. The van der Waals surface area contributed by atoms with Crippen molar-refractivity contribution in [1.29, 1.82) is 0 Å². The lowest BCUT2D eigenvalue weighted by atomic mass is 9.85. The van der Waals surface area contributed by atoms with E-state index < -0.39 is 0 Å². The molecule has 0 aromatic heterocycles. The molecule has 0 amide bonds. The first kappa shape index (κ1) is 5.90. The molecule has 0 aromatic rings. The second kappa shape index (κ2) is 1.56.